The minimum atomic E-state index is -0.340. The number of ether oxygens (including phenoxy) is 1. The van der Waals surface area contributed by atoms with E-state index in [2.05, 4.69) is 5.32 Å². The van der Waals surface area contributed by atoms with Crippen LogP contribution in [0.5, 0.6) is 0 Å². The van der Waals surface area contributed by atoms with Crippen molar-refractivity contribution in [3.8, 4) is 0 Å². The smallest absolute Gasteiger partial charge is 0.246 e. The molecule has 0 saturated carbocycles. The Bertz CT molecular complexity index is 300. The normalized spacial score (nSPS) is 30.1. The van der Waals surface area contributed by atoms with E-state index in [9.17, 15) is 9.59 Å². The van der Waals surface area contributed by atoms with E-state index in [-0.39, 0.29) is 24.0 Å². The number of nitrogens with one attached hydrogen (secondary N) is 1. The van der Waals surface area contributed by atoms with Crippen molar-refractivity contribution in [1.29, 1.82) is 0 Å². The lowest BCUT2D eigenvalue weighted by Gasteiger charge is -2.24. The minimum absolute atomic E-state index is 0.0698. The molecule has 0 aromatic carbocycles. The first-order chi connectivity index (χ1) is 8.22. The Hall–Kier alpha value is -0.940. The summed E-state index contributed by atoms with van der Waals surface area (Å²) in [4.78, 5) is 24.7. The summed E-state index contributed by atoms with van der Waals surface area (Å²) in [6, 6.07) is -0.340. The first-order valence-electron chi connectivity index (χ1n) is 6.41. The summed E-state index contributed by atoms with van der Waals surface area (Å²) >= 11 is 0. The fourth-order valence-electron chi connectivity index (χ4n) is 2.42. The molecule has 1 N–H and O–H groups in total. The van der Waals surface area contributed by atoms with E-state index in [1.165, 1.54) is 11.3 Å². The molecule has 0 radical (unpaired) electrons. The Morgan fingerprint density at radius 1 is 1.41 bits per heavy atom. The number of hydrogen-bond acceptors (Lipinski definition) is 4. The van der Waals surface area contributed by atoms with Gasteiger partial charge in [0.05, 0.1) is 18.6 Å². The molecule has 2 amide bonds. The zero-order chi connectivity index (χ0) is 12.3. The number of hydrogen-bond donors (Lipinski definition) is 1. The minimum Gasteiger partial charge on any atom is -0.377 e. The van der Waals surface area contributed by atoms with Crippen LogP contribution in [0.2, 0.25) is 0 Å². The van der Waals surface area contributed by atoms with Crippen LogP contribution in [0.3, 0.4) is 0 Å². The summed E-state index contributed by atoms with van der Waals surface area (Å²) in [5.41, 5.74) is 0. The van der Waals surface area contributed by atoms with Crippen molar-refractivity contribution in [1.82, 2.24) is 10.2 Å². The van der Waals surface area contributed by atoms with Crippen molar-refractivity contribution >= 4 is 11.8 Å². The highest BCUT2D eigenvalue weighted by molar-refractivity contribution is 6.05. The van der Waals surface area contributed by atoms with Gasteiger partial charge in [0.2, 0.25) is 11.8 Å². The molecule has 2 saturated heterocycles. The number of imide groups is 1. The lowest BCUT2D eigenvalue weighted by molar-refractivity contribution is -0.138. The molecule has 2 aliphatic heterocycles. The Morgan fingerprint density at radius 2 is 2.24 bits per heavy atom. The maximum Gasteiger partial charge on any atom is 0.246 e. The van der Waals surface area contributed by atoms with Crippen LogP contribution in [0.4, 0.5) is 0 Å². The van der Waals surface area contributed by atoms with Gasteiger partial charge in [-0.1, -0.05) is 0 Å². The van der Waals surface area contributed by atoms with Crippen molar-refractivity contribution < 1.29 is 14.3 Å². The van der Waals surface area contributed by atoms with E-state index < -0.39 is 0 Å². The highest BCUT2D eigenvalue weighted by atomic mass is 16.5. The SMILES string of the molecule is CCN1C(=O)CC(NCC2CCCCO2)C1=O. The van der Waals surface area contributed by atoms with Gasteiger partial charge < -0.3 is 10.1 Å². The van der Waals surface area contributed by atoms with Crippen LogP contribution in [0.1, 0.15) is 32.6 Å². The molecule has 96 valence electrons. The van der Waals surface area contributed by atoms with Crippen LogP contribution in [-0.2, 0) is 14.3 Å². The van der Waals surface area contributed by atoms with Crippen LogP contribution < -0.4 is 5.32 Å². The molecule has 17 heavy (non-hydrogen) atoms. The predicted octanol–water partition coefficient (Wildman–Crippen LogP) is 0.292. The van der Waals surface area contributed by atoms with Crippen molar-refractivity contribution in [2.24, 2.45) is 0 Å². The second-order valence-electron chi connectivity index (χ2n) is 4.63. The van der Waals surface area contributed by atoms with E-state index in [1.807, 2.05) is 6.92 Å². The summed E-state index contributed by atoms with van der Waals surface area (Å²) < 4.78 is 5.58. The van der Waals surface area contributed by atoms with Crippen molar-refractivity contribution in [3.05, 3.63) is 0 Å². The maximum atomic E-state index is 11.8. The van der Waals surface area contributed by atoms with Crippen LogP contribution in [-0.4, -0.2) is 48.6 Å². The number of carbonyl (C=O) groups excluding carboxylic acids is 2. The number of likely N-dealkylation sites (tertiary alicyclic amines) is 1. The van der Waals surface area contributed by atoms with Gasteiger partial charge in [-0.15, -0.1) is 0 Å². The average molecular weight is 240 g/mol. The van der Waals surface area contributed by atoms with Crippen LogP contribution in [0, 0.1) is 0 Å². The first kappa shape index (κ1) is 12.5. The average Bonchev–Trinajstić information content (AvgIpc) is 2.63. The topological polar surface area (TPSA) is 58.6 Å². The lowest BCUT2D eigenvalue weighted by atomic mass is 10.1. The van der Waals surface area contributed by atoms with Gasteiger partial charge >= 0.3 is 0 Å². The van der Waals surface area contributed by atoms with Gasteiger partial charge in [-0.25, -0.2) is 0 Å². The van der Waals surface area contributed by atoms with Crippen molar-refractivity contribution in [2.75, 3.05) is 19.7 Å². The van der Waals surface area contributed by atoms with E-state index >= 15 is 0 Å². The van der Waals surface area contributed by atoms with Gasteiger partial charge in [0.15, 0.2) is 0 Å². The second kappa shape index (κ2) is 5.60. The van der Waals surface area contributed by atoms with Crippen molar-refractivity contribution in [3.63, 3.8) is 0 Å². The Balaban J connectivity index is 1.79. The molecule has 0 aromatic rings. The molecular weight excluding hydrogens is 220 g/mol. The molecule has 2 atom stereocenters. The van der Waals surface area contributed by atoms with Gasteiger partial charge in [0.1, 0.15) is 0 Å². The molecule has 2 rings (SSSR count). The zero-order valence-electron chi connectivity index (χ0n) is 10.3. The zero-order valence-corrected chi connectivity index (χ0v) is 10.3. The molecule has 0 spiro atoms. The summed E-state index contributed by atoms with van der Waals surface area (Å²) in [5.74, 6) is -0.159. The molecule has 5 heteroatoms. The number of nitrogens with zero attached hydrogens (tertiary/aromatic N) is 1. The Morgan fingerprint density at radius 3 is 2.82 bits per heavy atom. The number of amides is 2. The van der Waals surface area contributed by atoms with Gasteiger partial charge in [0.25, 0.3) is 0 Å². The summed E-state index contributed by atoms with van der Waals surface area (Å²) in [6.45, 7) is 3.77. The molecule has 2 unspecified atom stereocenters. The van der Waals surface area contributed by atoms with E-state index in [1.54, 1.807) is 0 Å². The third-order valence-electron chi connectivity index (χ3n) is 3.43. The van der Waals surface area contributed by atoms with Crippen LogP contribution >= 0.6 is 0 Å². The molecule has 5 nitrogen and oxygen atoms in total. The van der Waals surface area contributed by atoms with Gasteiger partial charge in [0, 0.05) is 19.7 Å². The van der Waals surface area contributed by atoms with E-state index in [4.69, 9.17) is 4.74 Å². The number of likely N-dealkylation sites (N-methyl/N-ethyl adjacent to an activating group) is 1. The first-order valence-corrected chi connectivity index (χ1v) is 6.41. The quantitative estimate of drug-likeness (QED) is 0.718. The molecule has 2 fully saturated rings. The summed E-state index contributed by atoms with van der Waals surface area (Å²) in [7, 11) is 0. The molecular formula is C12H20N2O3. The molecule has 2 heterocycles. The van der Waals surface area contributed by atoms with Crippen LogP contribution in [0.15, 0.2) is 0 Å². The van der Waals surface area contributed by atoms with E-state index in [0.717, 1.165) is 19.4 Å². The molecule has 2 aliphatic rings. The molecule has 0 bridgehead atoms. The summed E-state index contributed by atoms with van der Waals surface area (Å²) in [6.07, 6.45) is 3.84. The Kier molecular flexibility index (Phi) is 4.12. The third-order valence-corrected chi connectivity index (χ3v) is 3.43. The lowest BCUT2D eigenvalue weighted by Crippen LogP contribution is -2.42. The number of rotatable bonds is 4. The largest absolute Gasteiger partial charge is 0.377 e. The van der Waals surface area contributed by atoms with Gasteiger partial charge in [-0.05, 0) is 26.2 Å². The third kappa shape index (κ3) is 2.84. The Labute approximate surface area is 101 Å². The van der Waals surface area contributed by atoms with E-state index in [0.29, 0.717) is 19.5 Å². The standard InChI is InChI=1S/C12H20N2O3/c1-2-14-11(15)7-10(12(14)16)13-8-9-5-3-4-6-17-9/h9-10,13H,2-8H2,1H3. The predicted molar refractivity (Wildman–Crippen MR) is 62.4 cm³/mol. The highest BCUT2D eigenvalue weighted by Gasteiger charge is 2.37. The van der Waals surface area contributed by atoms with Gasteiger partial charge in [-0.2, -0.15) is 0 Å². The maximum absolute atomic E-state index is 11.8. The molecule has 0 aromatic heterocycles. The fraction of sp³-hybridized carbons (Fsp3) is 0.833. The second-order valence-corrected chi connectivity index (χ2v) is 4.63. The van der Waals surface area contributed by atoms with Crippen molar-refractivity contribution in [2.45, 2.75) is 44.8 Å². The monoisotopic (exact) mass is 240 g/mol. The fourth-order valence-corrected chi connectivity index (χ4v) is 2.42. The van der Waals surface area contributed by atoms with Crippen LogP contribution in [0.25, 0.3) is 0 Å². The number of carbonyl (C=O) groups is 2. The highest BCUT2D eigenvalue weighted by Crippen LogP contribution is 2.15. The van der Waals surface area contributed by atoms with Gasteiger partial charge in [-0.3, -0.25) is 14.5 Å². The summed E-state index contributed by atoms with van der Waals surface area (Å²) in [5, 5.41) is 3.16. The molecule has 0 aliphatic carbocycles.